The fourth-order valence-corrected chi connectivity index (χ4v) is 1.87. The van der Waals surface area contributed by atoms with E-state index in [1.165, 1.54) is 25.9 Å². The molecule has 84 valence electrons. The maximum atomic E-state index is 4.99. The Balaban J connectivity index is 1.74. The van der Waals surface area contributed by atoms with E-state index in [4.69, 9.17) is 4.52 Å². The Morgan fingerprint density at radius 3 is 2.80 bits per heavy atom. The van der Waals surface area contributed by atoms with E-state index in [2.05, 4.69) is 27.4 Å². The van der Waals surface area contributed by atoms with Crippen LogP contribution >= 0.6 is 0 Å². The van der Waals surface area contributed by atoms with Gasteiger partial charge in [0.15, 0.2) is 5.82 Å². The highest BCUT2D eigenvalue weighted by Gasteiger charge is 2.16. The van der Waals surface area contributed by atoms with Crippen LogP contribution in [0.3, 0.4) is 0 Å². The number of hydrogen-bond acceptors (Lipinski definition) is 5. The molecular formula is C10H18N4O. The second-order valence-electron chi connectivity index (χ2n) is 4.27. The predicted octanol–water partition coefficient (Wildman–Crippen LogP) is 1.13. The summed E-state index contributed by atoms with van der Waals surface area (Å²) < 4.78 is 4.99. The zero-order valence-corrected chi connectivity index (χ0v) is 9.36. The molecule has 2 heterocycles. The van der Waals surface area contributed by atoms with Crippen LogP contribution in [-0.4, -0.2) is 41.7 Å². The molecule has 1 aromatic heterocycles. The van der Waals surface area contributed by atoms with Gasteiger partial charge in [-0.05, 0) is 45.8 Å². The summed E-state index contributed by atoms with van der Waals surface area (Å²) in [5.74, 6) is 1.41. The van der Waals surface area contributed by atoms with Crippen molar-refractivity contribution in [3.8, 4) is 0 Å². The summed E-state index contributed by atoms with van der Waals surface area (Å²) in [6.45, 7) is 5.14. The van der Waals surface area contributed by atoms with Crippen molar-refractivity contribution in [3.63, 3.8) is 0 Å². The lowest BCUT2D eigenvalue weighted by atomic mass is 9.97. The van der Waals surface area contributed by atoms with Gasteiger partial charge in [-0.15, -0.1) is 0 Å². The van der Waals surface area contributed by atoms with Gasteiger partial charge in [0.25, 0.3) is 0 Å². The first kappa shape index (κ1) is 10.4. The maximum absolute atomic E-state index is 4.99. The van der Waals surface area contributed by atoms with E-state index in [9.17, 15) is 0 Å². The topological polar surface area (TPSA) is 54.2 Å². The number of rotatable bonds is 3. The molecule has 0 atom stereocenters. The molecule has 1 aliphatic rings. The lowest BCUT2D eigenvalue weighted by Crippen LogP contribution is -2.32. The molecule has 0 aliphatic carbocycles. The molecule has 1 fully saturated rings. The average Bonchev–Trinajstić information content (AvgIpc) is 2.64. The molecule has 5 heteroatoms. The van der Waals surface area contributed by atoms with Crippen LogP contribution < -0.4 is 5.32 Å². The molecule has 0 amide bonds. The van der Waals surface area contributed by atoms with Crippen molar-refractivity contribution in [1.82, 2.24) is 15.0 Å². The first-order chi connectivity index (χ1) is 7.24. The Morgan fingerprint density at radius 2 is 2.20 bits per heavy atom. The van der Waals surface area contributed by atoms with Gasteiger partial charge in [-0.25, -0.2) is 0 Å². The average molecular weight is 210 g/mol. The Morgan fingerprint density at radius 1 is 1.47 bits per heavy atom. The zero-order chi connectivity index (χ0) is 10.7. The first-order valence-electron chi connectivity index (χ1n) is 5.47. The monoisotopic (exact) mass is 210 g/mol. The van der Waals surface area contributed by atoms with Gasteiger partial charge in [-0.3, -0.25) is 0 Å². The molecule has 2 rings (SSSR count). The Labute approximate surface area is 89.8 Å². The predicted molar refractivity (Wildman–Crippen MR) is 57.7 cm³/mol. The summed E-state index contributed by atoms with van der Waals surface area (Å²) >= 11 is 0. The molecular weight excluding hydrogens is 192 g/mol. The number of anilines is 1. The van der Waals surface area contributed by atoms with Crippen LogP contribution in [0.2, 0.25) is 0 Å². The SMILES string of the molecule is Cc1noc(NCC2CCN(C)CC2)n1. The van der Waals surface area contributed by atoms with Gasteiger partial charge in [-0.2, -0.15) is 4.98 Å². The Hall–Kier alpha value is -1.10. The minimum absolute atomic E-state index is 0.548. The number of aryl methyl sites for hydroxylation is 1. The Bertz CT molecular complexity index is 304. The number of nitrogens with one attached hydrogen (secondary N) is 1. The number of hydrogen-bond donors (Lipinski definition) is 1. The lowest BCUT2D eigenvalue weighted by Gasteiger charge is -2.28. The van der Waals surface area contributed by atoms with Crippen molar-refractivity contribution in [2.24, 2.45) is 5.92 Å². The smallest absolute Gasteiger partial charge is 0.321 e. The zero-order valence-electron chi connectivity index (χ0n) is 9.36. The van der Waals surface area contributed by atoms with E-state index in [-0.39, 0.29) is 0 Å². The van der Waals surface area contributed by atoms with Crippen LogP contribution in [0, 0.1) is 12.8 Å². The second kappa shape index (κ2) is 4.61. The summed E-state index contributed by atoms with van der Waals surface area (Å²) in [5, 5.41) is 6.93. The third-order valence-corrected chi connectivity index (χ3v) is 2.91. The summed E-state index contributed by atoms with van der Waals surface area (Å²) in [6, 6.07) is 0.548. The van der Waals surface area contributed by atoms with Crippen LogP contribution in [0.4, 0.5) is 6.01 Å². The molecule has 1 aliphatic heterocycles. The minimum atomic E-state index is 0.548. The summed E-state index contributed by atoms with van der Waals surface area (Å²) in [6.07, 6.45) is 2.49. The molecule has 0 unspecified atom stereocenters. The van der Waals surface area contributed by atoms with Gasteiger partial charge in [-0.1, -0.05) is 5.16 Å². The Kier molecular flexibility index (Phi) is 3.20. The van der Waals surface area contributed by atoms with Crippen LogP contribution in [0.5, 0.6) is 0 Å². The molecule has 0 radical (unpaired) electrons. The third kappa shape index (κ3) is 2.92. The first-order valence-corrected chi connectivity index (χ1v) is 5.47. The van der Waals surface area contributed by atoms with Crippen molar-refractivity contribution >= 4 is 6.01 Å². The molecule has 1 saturated heterocycles. The van der Waals surface area contributed by atoms with Crippen LogP contribution in [0.1, 0.15) is 18.7 Å². The van der Waals surface area contributed by atoms with E-state index in [1.54, 1.807) is 0 Å². The van der Waals surface area contributed by atoms with Crippen molar-refractivity contribution in [2.45, 2.75) is 19.8 Å². The number of piperidine rings is 1. The summed E-state index contributed by atoms with van der Waals surface area (Å²) in [5.41, 5.74) is 0. The quantitative estimate of drug-likeness (QED) is 0.810. The molecule has 0 saturated carbocycles. The van der Waals surface area contributed by atoms with Crippen molar-refractivity contribution in [1.29, 1.82) is 0 Å². The summed E-state index contributed by atoms with van der Waals surface area (Å²) in [4.78, 5) is 6.48. The summed E-state index contributed by atoms with van der Waals surface area (Å²) in [7, 11) is 2.17. The van der Waals surface area contributed by atoms with Gasteiger partial charge in [0, 0.05) is 6.54 Å². The third-order valence-electron chi connectivity index (χ3n) is 2.91. The molecule has 0 spiro atoms. The highest BCUT2D eigenvalue weighted by Crippen LogP contribution is 2.16. The molecule has 15 heavy (non-hydrogen) atoms. The molecule has 1 aromatic rings. The van der Waals surface area contributed by atoms with Crippen molar-refractivity contribution in [3.05, 3.63) is 5.82 Å². The normalized spacial score (nSPS) is 19.3. The van der Waals surface area contributed by atoms with E-state index < -0.39 is 0 Å². The lowest BCUT2D eigenvalue weighted by molar-refractivity contribution is 0.225. The number of aromatic nitrogens is 2. The second-order valence-corrected chi connectivity index (χ2v) is 4.27. The van der Waals surface area contributed by atoms with E-state index in [0.29, 0.717) is 11.8 Å². The van der Waals surface area contributed by atoms with Gasteiger partial charge in [0.05, 0.1) is 0 Å². The van der Waals surface area contributed by atoms with Crippen LogP contribution in [-0.2, 0) is 0 Å². The standard InChI is InChI=1S/C10H18N4O/c1-8-12-10(15-13-8)11-7-9-3-5-14(2)6-4-9/h9H,3-7H2,1-2H3,(H,11,12,13). The molecule has 1 N–H and O–H groups in total. The van der Waals surface area contributed by atoms with Gasteiger partial charge in [0.2, 0.25) is 0 Å². The maximum Gasteiger partial charge on any atom is 0.321 e. The number of nitrogens with zero attached hydrogens (tertiary/aromatic N) is 3. The highest BCUT2D eigenvalue weighted by atomic mass is 16.5. The largest absolute Gasteiger partial charge is 0.337 e. The van der Waals surface area contributed by atoms with Crippen molar-refractivity contribution < 1.29 is 4.52 Å². The van der Waals surface area contributed by atoms with Crippen LogP contribution in [0.25, 0.3) is 0 Å². The van der Waals surface area contributed by atoms with E-state index in [0.717, 1.165) is 12.5 Å². The fraction of sp³-hybridized carbons (Fsp3) is 0.800. The molecule has 0 bridgehead atoms. The van der Waals surface area contributed by atoms with Gasteiger partial charge < -0.3 is 14.7 Å². The van der Waals surface area contributed by atoms with Crippen LogP contribution in [0.15, 0.2) is 4.52 Å². The number of likely N-dealkylation sites (tertiary alicyclic amines) is 1. The minimum Gasteiger partial charge on any atom is -0.337 e. The highest BCUT2D eigenvalue weighted by molar-refractivity contribution is 5.17. The van der Waals surface area contributed by atoms with E-state index >= 15 is 0 Å². The van der Waals surface area contributed by atoms with E-state index in [1.807, 2.05) is 6.92 Å². The van der Waals surface area contributed by atoms with Gasteiger partial charge in [0.1, 0.15) is 0 Å². The fourth-order valence-electron chi connectivity index (χ4n) is 1.87. The van der Waals surface area contributed by atoms with Gasteiger partial charge >= 0.3 is 6.01 Å². The molecule has 5 nitrogen and oxygen atoms in total. The van der Waals surface area contributed by atoms with Crippen molar-refractivity contribution in [2.75, 3.05) is 32.0 Å². The molecule has 0 aromatic carbocycles.